The third kappa shape index (κ3) is 4.44. The van der Waals surface area contributed by atoms with Gasteiger partial charge in [0, 0.05) is 50.5 Å². The van der Waals surface area contributed by atoms with Gasteiger partial charge < -0.3 is 20.6 Å². The summed E-state index contributed by atoms with van der Waals surface area (Å²) in [5.41, 5.74) is 5.79. The molecule has 2 fully saturated rings. The lowest BCUT2D eigenvalue weighted by Crippen LogP contribution is -2.50. The van der Waals surface area contributed by atoms with Crippen molar-refractivity contribution in [2.45, 2.75) is 25.0 Å². The van der Waals surface area contributed by atoms with Gasteiger partial charge in [0.2, 0.25) is 5.91 Å². The average molecular weight is 364 g/mol. The summed E-state index contributed by atoms with van der Waals surface area (Å²) in [6, 6.07) is -0.264. The number of halogens is 2. The molecule has 130 valence electrons. The van der Waals surface area contributed by atoms with Crippen LogP contribution < -0.4 is 10.6 Å². The summed E-state index contributed by atoms with van der Waals surface area (Å²) < 4.78 is 0. The van der Waals surface area contributed by atoms with E-state index in [1.165, 1.54) is 0 Å². The van der Waals surface area contributed by atoms with Crippen LogP contribution in [-0.4, -0.2) is 64.2 Å². The van der Waals surface area contributed by atoms with Gasteiger partial charge in [-0.05, 0) is 12.8 Å². The number of piperazine rings is 1. The summed E-state index contributed by atoms with van der Waals surface area (Å²) in [7, 11) is 0. The fourth-order valence-corrected chi connectivity index (χ4v) is 3.12. The van der Waals surface area contributed by atoms with Crippen molar-refractivity contribution >= 4 is 36.5 Å². The van der Waals surface area contributed by atoms with Gasteiger partial charge >= 0.3 is 0 Å². The molecule has 3 rings (SSSR count). The maximum Gasteiger partial charge on any atom is 0.225 e. The molecule has 0 bridgehead atoms. The van der Waals surface area contributed by atoms with E-state index < -0.39 is 6.10 Å². The van der Waals surface area contributed by atoms with Crippen LogP contribution in [0.15, 0.2) is 18.6 Å². The fraction of sp³-hybridized carbons (Fsp3) is 0.643. The number of rotatable bonds is 2. The van der Waals surface area contributed by atoms with Gasteiger partial charge in [-0.2, -0.15) is 0 Å². The summed E-state index contributed by atoms with van der Waals surface area (Å²) in [5, 5.41) is 9.69. The Kier molecular flexibility index (Phi) is 7.47. The van der Waals surface area contributed by atoms with Crippen LogP contribution in [0.1, 0.15) is 12.8 Å². The Morgan fingerprint density at radius 3 is 2.39 bits per heavy atom. The molecule has 2 heterocycles. The smallest absolute Gasteiger partial charge is 0.225 e. The minimum Gasteiger partial charge on any atom is -0.391 e. The SMILES string of the molecule is Cl.Cl.N[C@@H]1C[C@H](C(=O)N2CCN(c3cnccn3)CC2)C[C@H]1O. The van der Waals surface area contributed by atoms with Gasteiger partial charge in [-0.3, -0.25) is 9.78 Å². The van der Waals surface area contributed by atoms with Crippen LogP contribution in [0.2, 0.25) is 0 Å². The second-order valence-corrected chi connectivity index (χ2v) is 5.78. The van der Waals surface area contributed by atoms with Crippen molar-refractivity contribution in [2.75, 3.05) is 31.1 Å². The molecule has 9 heteroatoms. The van der Waals surface area contributed by atoms with Crippen molar-refractivity contribution in [1.29, 1.82) is 0 Å². The molecule has 1 saturated heterocycles. The van der Waals surface area contributed by atoms with Gasteiger partial charge in [-0.25, -0.2) is 4.98 Å². The van der Waals surface area contributed by atoms with Crippen molar-refractivity contribution in [3.05, 3.63) is 18.6 Å². The summed E-state index contributed by atoms with van der Waals surface area (Å²) in [6.07, 6.45) is 5.60. The molecule has 0 spiro atoms. The lowest BCUT2D eigenvalue weighted by Gasteiger charge is -2.36. The second-order valence-electron chi connectivity index (χ2n) is 5.78. The number of aliphatic hydroxyl groups excluding tert-OH is 1. The van der Waals surface area contributed by atoms with Gasteiger partial charge in [0.1, 0.15) is 5.82 Å². The average Bonchev–Trinajstić information content (AvgIpc) is 2.87. The molecule has 1 amide bonds. The lowest BCUT2D eigenvalue weighted by atomic mass is 10.1. The molecule has 1 aliphatic heterocycles. The number of aliphatic hydroxyl groups is 1. The Morgan fingerprint density at radius 1 is 1.17 bits per heavy atom. The van der Waals surface area contributed by atoms with E-state index in [9.17, 15) is 9.90 Å². The third-order valence-corrected chi connectivity index (χ3v) is 4.39. The Hall–Kier alpha value is -1.15. The molecule has 0 aromatic carbocycles. The van der Waals surface area contributed by atoms with Gasteiger partial charge in [-0.15, -0.1) is 24.8 Å². The van der Waals surface area contributed by atoms with Gasteiger partial charge in [0.15, 0.2) is 0 Å². The van der Waals surface area contributed by atoms with E-state index in [2.05, 4.69) is 14.9 Å². The number of amides is 1. The number of carbonyl (C=O) groups is 1. The first-order chi connectivity index (χ1) is 10.1. The molecule has 23 heavy (non-hydrogen) atoms. The predicted octanol–water partition coefficient (Wildman–Crippen LogP) is 0.0670. The minimum absolute atomic E-state index is 0. The van der Waals surface area contributed by atoms with Crippen molar-refractivity contribution in [1.82, 2.24) is 14.9 Å². The molecule has 1 aromatic rings. The summed E-state index contributed by atoms with van der Waals surface area (Å²) in [6.45, 7) is 2.87. The quantitative estimate of drug-likeness (QED) is 0.771. The summed E-state index contributed by atoms with van der Waals surface area (Å²) >= 11 is 0. The van der Waals surface area contributed by atoms with Crippen LogP contribution in [0.4, 0.5) is 5.82 Å². The number of aromatic nitrogens is 2. The molecule has 1 aliphatic carbocycles. The van der Waals surface area contributed by atoms with Crippen LogP contribution in [0, 0.1) is 5.92 Å². The summed E-state index contributed by atoms with van der Waals surface area (Å²) in [5.74, 6) is 0.849. The maximum atomic E-state index is 12.4. The van der Waals surface area contributed by atoms with E-state index in [1.54, 1.807) is 18.6 Å². The van der Waals surface area contributed by atoms with Crippen LogP contribution in [0.3, 0.4) is 0 Å². The highest BCUT2D eigenvalue weighted by atomic mass is 35.5. The van der Waals surface area contributed by atoms with E-state index in [1.807, 2.05) is 4.90 Å². The van der Waals surface area contributed by atoms with Gasteiger partial charge in [0.05, 0.1) is 12.3 Å². The molecular weight excluding hydrogens is 341 g/mol. The van der Waals surface area contributed by atoms with E-state index in [0.717, 1.165) is 18.9 Å². The van der Waals surface area contributed by atoms with E-state index >= 15 is 0 Å². The highest BCUT2D eigenvalue weighted by Crippen LogP contribution is 2.27. The van der Waals surface area contributed by atoms with Crippen LogP contribution >= 0.6 is 24.8 Å². The fourth-order valence-electron chi connectivity index (χ4n) is 3.12. The summed E-state index contributed by atoms with van der Waals surface area (Å²) in [4.78, 5) is 24.8. The third-order valence-electron chi connectivity index (χ3n) is 4.39. The van der Waals surface area contributed by atoms with E-state index in [4.69, 9.17) is 5.73 Å². The topological polar surface area (TPSA) is 95.6 Å². The molecule has 3 atom stereocenters. The van der Waals surface area contributed by atoms with Crippen molar-refractivity contribution in [3.8, 4) is 0 Å². The van der Waals surface area contributed by atoms with Gasteiger partial charge in [-0.1, -0.05) is 0 Å². The highest BCUT2D eigenvalue weighted by molar-refractivity contribution is 5.85. The molecule has 0 unspecified atom stereocenters. The Labute approximate surface area is 148 Å². The Bertz CT molecular complexity index is 489. The first kappa shape index (κ1) is 19.9. The Morgan fingerprint density at radius 2 is 1.87 bits per heavy atom. The zero-order chi connectivity index (χ0) is 14.8. The number of hydrogen-bond donors (Lipinski definition) is 2. The maximum absolute atomic E-state index is 12.4. The van der Waals surface area contributed by atoms with Crippen LogP contribution in [-0.2, 0) is 4.79 Å². The first-order valence-corrected chi connectivity index (χ1v) is 7.38. The number of hydrogen-bond acceptors (Lipinski definition) is 6. The van der Waals surface area contributed by atoms with Crippen LogP contribution in [0.25, 0.3) is 0 Å². The molecule has 1 aromatic heterocycles. The molecule has 7 nitrogen and oxygen atoms in total. The molecule has 3 N–H and O–H groups in total. The van der Waals surface area contributed by atoms with Crippen molar-refractivity contribution in [2.24, 2.45) is 11.7 Å². The number of nitrogens with two attached hydrogens (primary N) is 1. The zero-order valence-corrected chi connectivity index (χ0v) is 14.4. The Balaban J connectivity index is 0.00000132. The van der Waals surface area contributed by atoms with Crippen molar-refractivity contribution in [3.63, 3.8) is 0 Å². The number of carbonyl (C=O) groups excluding carboxylic acids is 1. The minimum atomic E-state index is -0.542. The molecule has 1 saturated carbocycles. The number of anilines is 1. The largest absolute Gasteiger partial charge is 0.391 e. The second kappa shape index (κ2) is 8.63. The highest BCUT2D eigenvalue weighted by Gasteiger charge is 2.37. The van der Waals surface area contributed by atoms with Gasteiger partial charge in [0.25, 0.3) is 0 Å². The zero-order valence-electron chi connectivity index (χ0n) is 12.7. The van der Waals surface area contributed by atoms with Crippen molar-refractivity contribution < 1.29 is 9.90 Å². The number of nitrogens with zero attached hydrogens (tertiary/aromatic N) is 4. The predicted molar refractivity (Wildman–Crippen MR) is 92.0 cm³/mol. The normalized spacial score (nSPS) is 27.1. The molecule has 0 radical (unpaired) electrons. The van der Waals surface area contributed by atoms with Crippen LogP contribution in [0.5, 0.6) is 0 Å². The molecular formula is C14H23Cl2N5O2. The monoisotopic (exact) mass is 363 g/mol. The van der Waals surface area contributed by atoms with E-state index in [0.29, 0.717) is 25.9 Å². The van der Waals surface area contributed by atoms with E-state index in [-0.39, 0.29) is 42.7 Å². The first-order valence-electron chi connectivity index (χ1n) is 7.38. The lowest BCUT2D eigenvalue weighted by molar-refractivity contribution is -0.135. The molecule has 2 aliphatic rings. The standard InChI is InChI=1S/C14H21N5O2.2ClH/c15-11-7-10(8-12(11)20)14(21)19-5-3-18(4-6-19)13-9-16-1-2-17-13;;/h1-2,9-12,20H,3-8,15H2;2*1H/t10-,11+,12+;;/m0../s1.